The number of pyridine rings is 1. The second kappa shape index (κ2) is 7.36. The van der Waals surface area contributed by atoms with Crippen molar-refractivity contribution in [3.05, 3.63) is 29.6 Å². The SMILES string of the molecule is CCN(Cc1cccc(C(=O)OC)n1)CC1CCCN1. The molecule has 1 N–H and O–H groups in total. The molecule has 5 heteroatoms. The third kappa shape index (κ3) is 4.02. The first-order chi connectivity index (χ1) is 9.72. The lowest BCUT2D eigenvalue weighted by Crippen LogP contribution is -2.37. The first-order valence-corrected chi connectivity index (χ1v) is 7.23. The summed E-state index contributed by atoms with van der Waals surface area (Å²) in [7, 11) is 1.38. The topological polar surface area (TPSA) is 54.5 Å². The van der Waals surface area contributed by atoms with E-state index in [9.17, 15) is 4.79 Å². The van der Waals surface area contributed by atoms with Crippen molar-refractivity contribution in [2.75, 3.05) is 26.7 Å². The molecule has 2 rings (SSSR count). The number of carbonyl (C=O) groups excluding carboxylic acids is 1. The van der Waals surface area contributed by atoms with Gasteiger partial charge in [-0.15, -0.1) is 0 Å². The third-order valence-corrected chi connectivity index (χ3v) is 3.68. The molecular formula is C15H23N3O2. The Balaban J connectivity index is 1.97. The minimum atomic E-state index is -0.382. The highest BCUT2D eigenvalue weighted by Gasteiger charge is 2.17. The number of ether oxygens (including phenoxy) is 1. The highest BCUT2D eigenvalue weighted by atomic mass is 16.5. The van der Waals surface area contributed by atoms with Gasteiger partial charge in [0.25, 0.3) is 0 Å². The van der Waals surface area contributed by atoms with Gasteiger partial charge in [0.2, 0.25) is 0 Å². The van der Waals surface area contributed by atoms with Crippen LogP contribution in [0.15, 0.2) is 18.2 Å². The smallest absolute Gasteiger partial charge is 0.356 e. The summed E-state index contributed by atoms with van der Waals surface area (Å²) in [6.45, 7) is 6.04. The number of rotatable bonds is 6. The van der Waals surface area contributed by atoms with Gasteiger partial charge in [0.15, 0.2) is 0 Å². The number of carbonyl (C=O) groups is 1. The summed E-state index contributed by atoms with van der Waals surface area (Å²) in [5.41, 5.74) is 1.28. The highest BCUT2D eigenvalue weighted by molar-refractivity contribution is 5.87. The van der Waals surface area contributed by atoms with E-state index in [1.807, 2.05) is 12.1 Å². The van der Waals surface area contributed by atoms with Crippen LogP contribution in [0.25, 0.3) is 0 Å². The molecule has 5 nitrogen and oxygen atoms in total. The maximum Gasteiger partial charge on any atom is 0.356 e. The molecule has 0 saturated carbocycles. The number of methoxy groups -OCH3 is 1. The number of esters is 1. The van der Waals surface area contributed by atoms with Crippen LogP contribution in [0.3, 0.4) is 0 Å². The lowest BCUT2D eigenvalue weighted by Gasteiger charge is -2.23. The van der Waals surface area contributed by atoms with E-state index in [-0.39, 0.29) is 5.97 Å². The van der Waals surface area contributed by atoms with Gasteiger partial charge in [-0.25, -0.2) is 9.78 Å². The van der Waals surface area contributed by atoms with Gasteiger partial charge in [-0.2, -0.15) is 0 Å². The van der Waals surface area contributed by atoms with E-state index < -0.39 is 0 Å². The zero-order valence-corrected chi connectivity index (χ0v) is 12.3. The molecular weight excluding hydrogens is 254 g/mol. The van der Waals surface area contributed by atoms with Crippen LogP contribution in [-0.4, -0.2) is 48.6 Å². The van der Waals surface area contributed by atoms with Gasteiger partial charge in [0.1, 0.15) is 5.69 Å². The second-order valence-electron chi connectivity index (χ2n) is 5.13. The molecule has 0 radical (unpaired) electrons. The number of nitrogens with one attached hydrogen (secondary N) is 1. The summed E-state index contributed by atoms with van der Waals surface area (Å²) >= 11 is 0. The van der Waals surface area contributed by atoms with Crippen molar-refractivity contribution in [2.24, 2.45) is 0 Å². The average molecular weight is 277 g/mol. The Morgan fingerprint density at radius 2 is 2.40 bits per heavy atom. The van der Waals surface area contributed by atoms with Gasteiger partial charge >= 0.3 is 5.97 Å². The molecule has 1 saturated heterocycles. The van der Waals surface area contributed by atoms with Gasteiger partial charge in [-0.1, -0.05) is 13.0 Å². The molecule has 1 aliphatic rings. The lowest BCUT2D eigenvalue weighted by atomic mass is 10.2. The Bertz CT molecular complexity index is 444. The van der Waals surface area contributed by atoms with E-state index in [2.05, 4.69) is 22.1 Å². The number of hydrogen-bond acceptors (Lipinski definition) is 5. The first-order valence-electron chi connectivity index (χ1n) is 7.23. The Kier molecular flexibility index (Phi) is 5.49. The van der Waals surface area contributed by atoms with Crippen LogP contribution in [0.4, 0.5) is 0 Å². The second-order valence-corrected chi connectivity index (χ2v) is 5.13. The Morgan fingerprint density at radius 1 is 1.55 bits per heavy atom. The van der Waals surface area contributed by atoms with E-state index >= 15 is 0 Å². The summed E-state index contributed by atoms with van der Waals surface area (Å²) in [6, 6.07) is 6.08. The fraction of sp³-hybridized carbons (Fsp3) is 0.600. The van der Waals surface area contributed by atoms with Gasteiger partial charge < -0.3 is 10.1 Å². The largest absolute Gasteiger partial charge is 0.464 e. The van der Waals surface area contributed by atoms with E-state index in [0.717, 1.165) is 31.9 Å². The molecule has 1 atom stereocenters. The van der Waals surface area contributed by atoms with Crippen molar-refractivity contribution in [1.29, 1.82) is 0 Å². The van der Waals surface area contributed by atoms with Gasteiger partial charge in [-0.3, -0.25) is 4.90 Å². The Hall–Kier alpha value is -1.46. The van der Waals surface area contributed by atoms with Crippen LogP contribution in [0.2, 0.25) is 0 Å². The summed E-state index contributed by atoms with van der Waals surface area (Å²) in [5.74, 6) is -0.382. The van der Waals surface area contributed by atoms with Crippen molar-refractivity contribution < 1.29 is 9.53 Å². The van der Waals surface area contributed by atoms with E-state index in [4.69, 9.17) is 4.74 Å². The van der Waals surface area contributed by atoms with Crippen molar-refractivity contribution >= 4 is 5.97 Å². The molecule has 1 fully saturated rings. The van der Waals surface area contributed by atoms with Crippen LogP contribution < -0.4 is 5.32 Å². The summed E-state index contributed by atoms with van der Waals surface area (Å²) < 4.78 is 4.71. The minimum absolute atomic E-state index is 0.375. The molecule has 0 amide bonds. The van der Waals surface area contributed by atoms with E-state index in [1.54, 1.807) is 6.07 Å². The highest BCUT2D eigenvalue weighted by Crippen LogP contribution is 2.10. The first kappa shape index (κ1) is 14.9. The Morgan fingerprint density at radius 3 is 3.05 bits per heavy atom. The van der Waals surface area contributed by atoms with E-state index in [0.29, 0.717) is 11.7 Å². The summed E-state index contributed by atoms with van der Waals surface area (Å²) in [5, 5.41) is 3.51. The van der Waals surface area contributed by atoms with Crippen LogP contribution in [0, 0.1) is 0 Å². The van der Waals surface area contributed by atoms with Crippen LogP contribution in [0.1, 0.15) is 35.9 Å². The van der Waals surface area contributed by atoms with Crippen LogP contribution in [-0.2, 0) is 11.3 Å². The molecule has 2 heterocycles. The van der Waals surface area contributed by atoms with E-state index in [1.165, 1.54) is 20.0 Å². The lowest BCUT2D eigenvalue weighted by molar-refractivity contribution is 0.0593. The predicted molar refractivity (Wildman–Crippen MR) is 77.6 cm³/mol. The zero-order valence-electron chi connectivity index (χ0n) is 12.3. The molecule has 1 aliphatic heterocycles. The number of hydrogen-bond donors (Lipinski definition) is 1. The molecule has 1 aromatic rings. The predicted octanol–water partition coefficient (Wildman–Crippen LogP) is 1.44. The van der Waals surface area contributed by atoms with Crippen molar-refractivity contribution in [3.63, 3.8) is 0 Å². The number of nitrogens with zero attached hydrogens (tertiary/aromatic N) is 2. The normalized spacial score (nSPS) is 18.4. The molecule has 0 spiro atoms. The fourth-order valence-corrected chi connectivity index (χ4v) is 2.54. The molecule has 110 valence electrons. The van der Waals surface area contributed by atoms with Crippen LogP contribution >= 0.6 is 0 Å². The monoisotopic (exact) mass is 277 g/mol. The van der Waals surface area contributed by atoms with Gasteiger partial charge in [0.05, 0.1) is 12.8 Å². The molecule has 0 aliphatic carbocycles. The molecule has 1 aromatic heterocycles. The van der Waals surface area contributed by atoms with Gasteiger partial charge in [-0.05, 0) is 38.1 Å². The van der Waals surface area contributed by atoms with Crippen LogP contribution in [0.5, 0.6) is 0 Å². The summed E-state index contributed by atoms with van der Waals surface area (Å²) in [4.78, 5) is 18.2. The number of likely N-dealkylation sites (N-methyl/N-ethyl adjacent to an activating group) is 1. The quantitative estimate of drug-likeness (QED) is 0.797. The third-order valence-electron chi connectivity index (χ3n) is 3.68. The van der Waals surface area contributed by atoms with Crippen molar-refractivity contribution in [3.8, 4) is 0 Å². The Labute approximate surface area is 120 Å². The maximum absolute atomic E-state index is 11.5. The maximum atomic E-state index is 11.5. The summed E-state index contributed by atoms with van der Waals surface area (Å²) in [6.07, 6.45) is 2.50. The minimum Gasteiger partial charge on any atom is -0.464 e. The molecule has 1 unspecified atom stereocenters. The van der Waals surface area contributed by atoms with Crippen molar-refractivity contribution in [2.45, 2.75) is 32.4 Å². The molecule has 20 heavy (non-hydrogen) atoms. The number of aromatic nitrogens is 1. The van der Waals surface area contributed by atoms with Crippen molar-refractivity contribution in [1.82, 2.24) is 15.2 Å². The fourth-order valence-electron chi connectivity index (χ4n) is 2.54. The standard InChI is InChI=1S/C15H23N3O2/c1-3-18(10-12-7-5-9-16-12)11-13-6-4-8-14(17-13)15(19)20-2/h4,6,8,12,16H,3,5,7,9-11H2,1-2H3. The average Bonchev–Trinajstić information content (AvgIpc) is 2.99. The van der Waals surface area contributed by atoms with Gasteiger partial charge in [0, 0.05) is 19.1 Å². The molecule has 0 aromatic carbocycles. The zero-order chi connectivity index (χ0) is 14.4. The molecule has 0 bridgehead atoms.